The van der Waals surface area contributed by atoms with Gasteiger partial charge in [0, 0.05) is 38.1 Å². The van der Waals surface area contributed by atoms with E-state index in [-0.39, 0.29) is 17.4 Å². The normalized spacial score (nSPS) is 19.0. The molecule has 0 unspecified atom stereocenters. The Morgan fingerprint density at radius 1 is 1.17 bits per heavy atom. The highest BCUT2D eigenvalue weighted by Gasteiger charge is 2.34. The van der Waals surface area contributed by atoms with Gasteiger partial charge in [0.15, 0.2) is 0 Å². The van der Waals surface area contributed by atoms with Gasteiger partial charge in [-0.3, -0.25) is 9.59 Å². The van der Waals surface area contributed by atoms with Gasteiger partial charge in [-0.2, -0.15) is 5.10 Å². The number of amides is 1. The monoisotopic (exact) mass is 491 g/mol. The number of carbonyl (C=O) groups excluding carboxylic acids is 1. The van der Waals surface area contributed by atoms with Gasteiger partial charge in [-0.05, 0) is 75.9 Å². The highest BCUT2D eigenvalue weighted by Crippen LogP contribution is 2.38. The summed E-state index contributed by atoms with van der Waals surface area (Å²) in [5, 5.41) is 18.7. The molecular weight excluding hydrogens is 454 g/mol. The fourth-order valence-corrected chi connectivity index (χ4v) is 6.01. The van der Waals surface area contributed by atoms with Crippen LogP contribution in [0.3, 0.4) is 0 Å². The molecule has 2 N–H and O–H groups in total. The largest absolute Gasteiger partial charge is 0.389 e. The van der Waals surface area contributed by atoms with Gasteiger partial charge in [-0.1, -0.05) is 19.3 Å². The van der Waals surface area contributed by atoms with Crippen molar-refractivity contribution in [1.29, 1.82) is 0 Å². The highest BCUT2D eigenvalue weighted by atomic mass is 16.3. The van der Waals surface area contributed by atoms with Gasteiger partial charge in [0.25, 0.3) is 11.5 Å². The van der Waals surface area contributed by atoms with E-state index in [9.17, 15) is 14.7 Å². The lowest BCUT2D eigenvalue weighted by molar-refractivity contribution is -0.0307. The molecule has 0 radical (unpaired) electrons. The number of nitrogens with one attached hydrogen (secondary N) is 1. The lowest BCUT2D eigenvalue weighted by atomic mass is 9.83. The average Bonchev–Trinajstić information content (AvgIpc) is 3.25. The van der Waals surface area contributed by atoms with Crippen molar-refractivity contribution in [1.82, 2.24) is 24.4 Å². The molecule has 2 fully saturated rings. The predicted molar refractivity (Wildman–Crippen MR) is 140 cm³/mol. The number of carbonyl (C=O) groups is 1. The number of hydrogen-bond acceptors (Lipinski definition) is 5. The number of hydrogen-bond donors (Lipinski definition) is 2. The average molecular weight is 492 g/mol. The molecule has 8 nitrogen and oxygen atoms in total. The summed E-state index contributed by atoms with van der Waals surface area (Å²) >= 11 is 0. The van der Waals surface area contributed by atoms with Crippen molar-refractivity contribution < 1.29 is 9.90 Å². The van der Waals surface area contributed by atoms with Crippen molar-refractivity contribution in [2.24, 2.45) is 7.05 Å². The lowest BCUT2D eigenvalue weighted by Crippen LogP contribution is -2.46. The molecule has 36 heavy (non-hydrogen) atoms. The zero-order valence-electron chi connectivity index (χ0n) is 21.4. The number of likely N-dealkylation sites (tertiary alicyclic amines) is 1. The van der Waals surface area contributed by atoms with E-state index in [1.54, 1.807) is 28.5 Å². The first-order valence-corrected chi connectivity index (χ1v) is 13.3. The molecular formula is C28H37N5O3. The van der Waals surface area contributed by atoms with Crippen LogP contribution in [0.1, 0.15) is 73.7 Å². The van der Waals surface area contributed by atoms with Crippen molar-refractivity contribution in [3.8, 4) is 11.3 Å². The fraction of sp³-hybridized carbons (Fsp3) is 0.536. The van der Waals surface area contributed by atoms with Crippen molar-refractivity contribution >= 4 is 11.4 Å². The Hall–Kier alpha value is -2.97. The second kappa shape index (κ2) is 10.2. The number of pyridine rings is 2. The van der Waals surface area contributed by atoms with Crippen LogP contribution in [-0.2, 0) is 7.05 Å². The third-order valence-electron chi connectivity index (χ3n) is 7.94. The van der Waals surface area contributed by atoms with Gasteiger partial charge in [-0.25, -0.2) is 4.52 Å². The summed E-state index contributed by atoms with van der Waals surface area (Å²) in [7, 11) is 1.75. The van der Waals surface area contributed by atoms with Crippen LogP contribution in [0, 0.1) is 0 Å². The molecule has 3 aromatic heterocycles. The fourth-order valence-electron chi connectivity index (χ4n) is 6.01. The van der Waals surface area contributed by atoms with Crippen molar-refractivity contribution in [2.45, 2.75) is 63.4 Å². The Labute approximate surface area is 211 Å². The van der Waals surface area contributed by atoms with E-state index in [0.29, 0.717) is 23.4 Å². The maximum atomic E-state index is 13.1. The number of aryl methyl sites for hydroxylation is 1. The molecule has 4 heterocycles. The Kier molecular flexibility index (Phi) is 6.99. The third kappa shape index (κ3) is 4.84. The standard InChI is InChI=1S/C28H37N5O3/c1-3-29-26(34)21-9-10-23-24(25(30-33(23)18-21)22-8-7-15-31(2)27(22)35)20-11-16-32(17-12-20)19-28(36)13-5-4-6-14-28/h7-10,15,18,20,36H,3-6,11-14,16-17,19H2,1-2H3,(H,29,34). The Morgan fingerprint density at radius 3 is 2.64 bits per heavy atom. The van der Waals surface area contributed by atoms with E-state index >= 15 is 0 Å². The van der Waals surface area contributed by atoms with Crippen LogP contribution in [-0.4, -0.2) is 61.9 Å². The topological polar surface area (TPSA) is 91.9 Å². The van der Waals surface area contributed by atoms with E-state index in [1.165, 1.54) is 6.42 Å². The van der Waals surface area contributed by atoms with Crippen LogP contribution in [0.25, 0.3) is 16.8 Å². The first kappa shape index (κ1) is 24.7. The summed E-state index contributed by atoms with van der Waals surface area (Å²) in [5.74, 6) is 0.109. The summed E-state index contributed by atoms with van der Waals surface area (Å²) in [6.07, 6.45) is 10.6. The van der Waals surface area contributed by atoms with Crippen LogP contribution in [0.2, 0.25) is 0 Å². The molecule has 1 saturated carbocycles. The summed E-state index contributed by atoms with van der Waals surface area (Å²) in [4.78, 5) is 27.9. The minimum Gasteiger partial charge on any atom is -0.389 e. The molecule has 8 heteroatoms. The summed E-state index contributed by atoms with van der Waals surface area (Å²) in [6, 6.07) is 7.51. The maximum Gasteiger partial charge on any atom is 0.259 e. The van der Waals surface area contributed by atoms with E-state index in [4.69, 9.17) is 5.10 Å². The van der Waals surface area contributed by atoms with E-state index < -0.39 is 5.60 Å². The number of aliphatic hydroxyl groups is 1. The van der Waals surface area contributed by atoms with E-state index in [1.807, 2.05) is 31.2 Å². The molecule has 3 aromatic rings. The van der Waals surface area contributed by atoms with Gasteiger partial charge >= 0.3 is 0 Å². The summed E-state index contributed by atoms with van der Waals surface area (Å²) in [6.45, 7) is 5.02. The van der Waals surface area contributed by atoms with Gasteiger partial charge in [-0.15, -0.1) is 0 Å². The van der Waals surface area contributed by atoms with Crippen LogP contribution in [0.5, 0.6) is 0 Å². The summed E-state index contributed by atoms with van der Waals surface area (Å²) in [5.41, 5.74) is 3.22. The third-order valence-corrected chi connectivity index (χ3v) is 7.94. The first-order valence-electron chi connectivity index (χ1n) is 13.3. The van der Waals surface area contributed by atoms with Crippen molar-refractivity contribution in [3.63, 3.8) is 0 Å². The molecule has 5 rings (SSSR count). The first-order chi connectivity index (χ1) is 17.4. The summed E-state index contributed by atoms with van der Waals surface area (Å²) < 4.78 is 3.34. The molecule has 0 aromatic carbocycles. The van der Waals surface area contributed by atoms with Gasteiger partial charge in [0.1, 0.15) is 5.69 Å². The van der Waals surface area contributed by atoms with Crippen molar-refractivity contribution in [2.75, 3.05) is 26.2 Å². The zero-order valence-corrected chi connectivity index (χ0v) is 21.4. The molecule has 1 aliphatic carbocycles. The zero-order chi connectivity index (χ0) is 25.3. The van der Waals surface area contributed by atoms with Crippen LogP contribution < -0.4 is 10.9 Å². The molecule has 192 valence electrons. The molecule has 1 saturated heterocycles. The number of fused-ring (bicyclic) bond motifs is 1. The van der Waals surface area contributed by atoms with Crippen LogP contribution in [0.15, 0.2) is 41.5 Å². The highest BCUT2D eigenvalue weighted by molar-refractivity contribution is 5.94. The van der Waals surface area contributed by atoms with Gasteiger partial charge < -0.3 is 19.9 Å². The minimum absolute atomic E-state index is 0.0805. The van der Waals surface area contributed by atoms with Crippen LogP contribution >= 0.6 is 0 Å². The molecule has 1 aliphatic heterocycles. The number of piperidine rings is 1. The lowest BCUT2D eigenvalue weighted by Gasteiger charge is -2.40. The smallest absolute Gasteiger partial charge is 0.259 e. The van der Waals surface area contributed by atoms with Crippen molar-refractivity contribution in [3.05, 3.63) is 58.1 Å². The molecule has 2 aliphatic rings. The van der Waals surface area contributed by atoms with E-state index in [0.717, 1.165) is 69.2 Å². The molecule has 0 spiro atoms. The SMILES string of the molecule is CCNC(=O)c1ccc2c(C3CCN(CC4(O)CCCCC4)CC3)c(-c3cccn(C)c3=O)nn2c1. The number of rotatable bonds is 6. The second-order valence-corrected chi connectivity index (χ2v) is 10.5. The Bertz CT molecular complexity index is 1300. The molecule has 0 atom stereocenters. The number of nitrogens with zero attached hydrogens (tertiary/aromatic N) is 4. The second-order valence-electron chi connectivity index (χ2n) is 10.5. The Morgan fingerprint density at radius 2 is 1.92 bits per heavy atom. The van der Waals surface area contributed by atoms with Gasteiger partial charge in [0.2, 0.25) is 0 Å². The van der Waals surface area contributed by atoms with E-state index in [2.05, 4.69) is 10.2 Å². The molecule has 1 amide bonds. The van der Waals surface area contributed by atoms with Crippen LogP contribution in [0.4, 0.5) is 0 Å². The quantitative estimate of drug-likeness (QED) is 0.552. The number of aromatic nitrogens is 3. The predicted octanol–water partition coefficient (Wildman–Crippen LogP) is 3.32. The molecule has 0 bridgehead atoms. The Balaban J connectivity index is 1.47. The number of β-amino-alcohol motifs (C(OH)–C–C–N with tert-alkyl or cyclic N) is 1. The maximum absolute atomic E-state index is 13.1. The van der Waals surface area contributed by atoms with Gasteiger partial charge in [0.05, 0.1) is 22.2 Å². The minimum atomic E-state index is -0.549.